The molecule has 0 aliphatic heterocycles. The Kier molecular flexibility index (Phi) is 8.00. The molecule has 0 aliphatic rings. The van der Waals surface area contributed by atoms with Crippen molar-refractivity contribution in [2.24, 2.45) is 0 Å². The Hall–Kier alpha value is -5.12. The normalized spacial score (nSPS) is 11.7. The molecule has 10 heteroatoms. The molecule has 0 spiro atoms. The summed E-state index contributed by atoms with van der Waals surface area (Å²) in [5, 5.41) is 11.2. The predicted molar refractivity (Wildman–Crippen MR) is 153 cm³/mol. The number of nitrogens with zero attached hydrogens (tertiary/aromatic N) is 5. The van der Waals surface area contributed by atoms with Crippen LogP contribution in [-0.4, -0.2) is 45.8 Å². The van der Waals surface area contributed by atoms with Crippen molar-refractivity contribution in [1.82, 2.24) is 19.9 Å². The smallest absolute Gasteiger partial charge is 0.251 e. The van der Waals surface area contributed by atoms with E-state index in [1.165, 1.54) is 46.0 Å². The number of anilines is 2. The van der Waals surface area contributed by atoms with Crippen LogP contribution in [0.3, 0.4) is 0 Å². The molecule has 0 aliphatic carbocycles. The van der Waals surface area contributed by atoms with Crippen LogP contribution in [0.2, 0.25) is 0 Å². The summed E-state index contributed by atoms with van der Waals surface area (Å²) in [6.45, 7) is -0.217. The third kappa shape index (κ3) is 6.38. The average Bonchev–Trinajstić information content (AvgIpc) is 3.37. The third-order valence-electron chi connectivity index (χ3n) is 6.69. The lowest BCUT2D eigenvalue weighted by molar-refractivity contribution is -0.140. The van der Waals surface area contributed by atoms with Crippen molar-refractivity contribution in [3.8, 4) is 0 Å². The number of rotatable bonds is 9. The molecule has 0 radical (unpaired) electrons. The molecule has 1 atom stereocenters. The van der Waals surface area contributed by atoms with Gasteiger partial charge in [-0.1, -0.05) is 41.6 Å². The van der Waals surface area contributed by atoms with Crippen LogP contribution in [0.5, 0.6) is 0 Å². The first-order chi connectivity index (χ1) is 19.8. The van der Waals surface area contributed by atoms with E-state index in [1.54, 1.807) is 36.4 Å². The number of para-hydroxylation sites is 1. The minimum Gasteiger partial charge on any atom is -0.378 e. The molecule has 5 aromatic rings. The Bertz CT molecular complexity index is 1650. The van der Waals surface area contributed by atoms with E-state index in [0.717, 1.165) is 5.69 Å². The van der Waals surface area contributed by atoms with Crippen LogP contribution >= 0.6 is 0 Å². The quantitative estimate of drug-likeness (QED) is 0.271. The standard InChI is InChI=1S/C31H28F2N6O2/c1-37(2)26-17-15-25(16-18-26)34-31(41)30(22-9-13-24(33)14-10-22)38(19-21-7-11-23(32)12-8-21)29(40)20-39-28-6-4-3-5-27(28)35-36-39/h3-18,30H,19-20H2,1-2H3,(H,34,41)/t30-/m1/s1. The molecular weight excluding hydrogens is 526 g/mol. The van der Waals surface area contributed by atoms with Crippen molar-refractivity contribution >= 4 is 34.2 Å². The first kappa shape index (κ1) is 27.4. The second-order valence-electron chi connectivity index (χ2n) is 9.77. The SMILES string of the molecule is CN(C)c1ccc(NC(=O)[C@@H](c2ccc(F)cc2)N(Cc2ccc(F)cc2)C(=O)Cn2nnc3ccccc32)cc1. The van der Waals surface area contributed by atoms with E-state index in [0.29, 0.717) is 27.8 Å². The molecule has 5 rings (SSSR count). The summed E-state index contributed by atoms with van der Waals surface area (Å²) in [5.74, 6) is -1.82. The van der Waals surface area contributed by atoms with Crippen molar-refractivity contribution in [3.05, 3.63) is 120 Å². The zero-order valence-electron chi connectivity index (χ0n) is 22.5. The van der Waals surface area contributed by atoms with Gasteiger partial charge in [0, 0.05) is 32.0 Å². The highest BCUT2D eigenvalue weighted by Crippen LogP contribution is 2.27. The molecule has 0 fully saturated rings. The summed E-state index contributed by atoms with van der Waals surface area (Å²) in [7, 11) is 3.82. The third-order valence-corrected chi connectivity index (χ3v) is 6.69. The molecule has 8 nitrogen and oxygen atoms in total. The van der Waals surface area contributed by atoms with Crippen LogP contribution in [0.4, 0.5) is 20.2 Å². The summed E-state index contributed by atoms with van der Waals surface area (Å²) in [6.07, 6.45) is 0. The van der Waals surface area contributed by atoms with E-state index in [9.17, 15) is 18.4 Å². The van der Waals surface area contributed by atoms with E-state index in [4.69, 9.17) is 0 Å². The maximum absolute atomic E-state index is 14.0. The zero-order valence-corrected chi connectivity index (χ0v) is 22.5. The monoisotopic (exact) mass is 554 g/mol. The summed E-state index contributed by atoms with van der Waals surface area (Å²) in [4.78, 5) is 31.2. The van der Waals surface area contributed by atoms with E-state index in [-0.39, 0.29) is 13.1 Å². The molecule has 0 saturated heterocycles. The van der Waals surface area contributed by atoms with Gasteiger partial charge in [0.25, 0.3) is 5.91 Å². The number of hydrogen-bond acceptors (Lipinski definition) is 5. The van der Waals surface area contributed by atoms with Gasteiger partial charge < -0.3 is 15.1 Å². The Labute approximate surface area is 235 Å². The molecule has 208 valence electrons. The van der Waals surface area contributed by atoms with Crippen LogP contribution in [0.1, 0.15) is 17.2 Å². The van der Waals surface area contributed by atoms with Gasteiger partial charge >= 0.3 is 0 Å². The number of aromatic nitrogens is 3. The Balaban J connectivity index is 1.53. The molecule has 41 heavy (non-hydrogen) atoms. The van der Waals surface area contributed by atoms with E-state index >= 15 is 0 Å². The minimum atomic E-state index is -1.14. The highest BCUT2D eigenvalue weighted by molar-refractivity contribution is 5.98. The highest BCUT2D eigenvalue weighted by atomic mass is 19.1. The van der Waals surface area contributed by atoms with E-state index in [1.807, 2.05) is 43.3 Å². The van der Waals surface area contributed by atoms with Crippen LogP contribution in [0.25, 0.3) is 11.0 Å². The van der Waals surface area contributed by atoms with Crippen molar-refractivity contribution in [2.75, 3.05) is 24.3 Å². The van der Waals surface area contributed by atoms with Crippen molar-refractivity contribution in [1.29, 1.82) is 0 Å². The molecule has 0 bridgehead atoms. The molecule has 1 N–H and O–H groups in total. The molecule has 0 unspecified atom stereocenters. The summed E-state index contributed by atoms with van der Waals surface area (Å²) in [5.41, 5.74) is 3.78. The van der Waals surface area contributed by atoms with Crippen molar-refractivity contribution in [3.63, 3.8) is 0 Å². The maximum atomic E-state index is 14.0. The van der Waals surface area contributed by atoms with Gasteiger partial charge in [0.2, 0.25) is 5.91 Å². The molecule has 0 saturated carbocycles. The molecule has 1 aromatic heterocycles. The number of benzene rings is 4. The summed E-state index contributed by atoms with van der Waals surface area (Å²) < 4.78 is 29.1. The number of fused-ring (bicyclic) bond motifs is 1. The first-order valence-corrected chi connectivity index (χ1v) is 12.9. The highest BCUT2D eigenvalue weighted by Gasteiger charge is 2.32. The van der Waals surface area contributed by atoms with Gasteiger partial charge in [-0.2, -0.15) is 0 Å². The molecule has 1 heterocycles. The van der Waals surface area contributed by atoms with E-state index < -0.39 is 29.5 Å². The maximum Gasteiger partial charge on any atom is 0.251 e. The summed E-state index contributed by atoms with van der Waals surface area (Å²) in [6, 6.07) is 24.5. The lowest BCUT2D eigenvalue weighted by Crippen LogP contribution is -2.42. The van der Waals surface area contributed by atoms with Gasteiger partial charge in [-0.3, -0.25) is 9.59 Å². The number of nitrogens with one attached hydrogen (secondary N) is 1. The minimum absolute atomic E-state index is 0.0131. The number of carbonyl (C=O) groups is 2. The Morgan fingerprint density at radius 1 is 0.854 bits per heavy atom. The lowest BCUT2D eigenvalue weighted by Gasteiger charge is -2.31. The molecule has 2 amide bonds. The zero-order chi connectivity index (χ0) is 28.9. The fourth-order valence-electron chi connectivity index (χ4n) is 4.53. The van der Waals surface area contributed by atoms with Gasteiger partial charge in [0.15, 0.2) is 0 Å². The fourth-order valence-corrected chi connectivity index (χ4v) is 4.53. The largest absolute Gasteiger partial charge is 0.378 e. The van der Waals surface area contributed by atoms with Crippen LogP contribution in [-0.2, 0) is 22.7 Å². The van der Waals surface area contributed by atoms with Crippen molar-refractivity contribution in [2.45, 2.75) is 19.1 Å². The average molecular weight is 555 g/mol. The lowest BCUT2D eigenvalue weighted by atomic mass is 10.0. The van der Waals surface area contributed by atoms with Gasteiger partial charge in [0.1, 0.15) is 29.7 Å². The number of carbonyl (C=O) groups excluding carboxylic acids is 2. The van der Waals surface area contributed by atoms with Crippen LogP contribution in [0.15, 0.2) is 97.1 Å². The van der Waals surface area contributed by atoms with E-state index in [2.05, 4.69) is 15.6 Å². The number of halogens is 2. The number of amides is 2. The van der Waals surface area contributed by atoms with Gasteiger partial charge in [0.05, 0.1) is 5.52 Å². The van der Waals surface area contributed by atoms with Gasteiger partial charge in [-0.25, -0.2) is 13.5 Å². The number of hydrogen-bond donors (Lipinski definition) is 1. The Morgan fingerprint density at radius 3 is 2.15 bits per heavy atom. The second kappa shape index (κ2) is 12.0. The van der Waals surface area contributed by atoms with Gasteiger partial charge in [-0.15, -0.1) is 5.10 Å². The van der Waals surface area contributed by atoms with Crippen molar-refractivity contribution < 1.29 is 18.4 Å². The molecule has 4 aromatic carbocycles. The second-order valence-corrected chi connectivity index (χ2v) is 9.77. The first-order valence-electron chi connectivity index (χ1n) is 12.9. The fraction of sp³-hybridized carbons (Fsp3) is 0.161. The molecular formula is C31H28F2N6O2. The van der Waals surface area contributed by atoms with Gasteiger partial charge in [-0.05, 0) is 71.8 Å². The van der Waals surface area contributed by atoms with Crippen LogP contribution < -0.4 is 10.2 Å². The van der Waals surface area contributed by atoms with Crippen LogP contribution in [0, 0.1) is 11.6 Å². The summed E-state index contributed by atoms with van der Waals surface area (Å²) >= 11 is 0. The topological polar surface area (TPSA) is 83.4 Å². The Morgan fingerprint density at radius 2 is 1.49 bits per heavy atom. The predicted octanol–water partition coefficient (Wildman–Crippen LogP) is 5.18.